The lowest BCUT2D eigenvalue weighted by atomic mass is 10.0. The number of carbonyl (C=O) groups excluding carboxylic acids is 1. The predicted octanol–water partition coefficient (Wildman–Crippen LogP) is 3.10. The topological polar surface area (TPSA) is 42.0 Å². The molecule has 3 nitrogen and oxygen atoms in total. The van der Waals surface area contributed by atoms with Crippen molar-refractivity contribution in [1.29, 1.82) is 0 Å². The molecule has 0 bridgehead atoms. The van der Waals surface area contributed by atoms with Gasteiger partial charge in [-0.05, 0) is 48.6 Å². The normalized spacial score (nSPS) is 15.7. The van der Waals surface area contributed by atoms with Crippen molar-refractivity contribution in [3.05, 3.63) is 65.7 Å². The van der Waals surface area contributed by atoms with Crippen molar-refractivity contribution in [2.24, 2.45) is 5.92 Å². The highest BCUT2D eigenvalue weighted by atomic mass is 19.1. The summed E-state index contributed by atoms with van der Waals surface area (Å²) in [5, 5.41) is 3.03. The number of benzene rings is 1. The molecular formula is C16H15FN2O. The first-order valence-corrected chi connectivity index (χ1v) is 6.70. The molecule has 0 aliphatic heterocycles. The van der Waals surface area contributed by atoms with Crippen LogP contribution in [0.5, 0.6) is 0 Å². The fraction of sp³-hybridized carbons (Fsp3) is 0.250. The summed E-state index contributed by atoms with van der Waals surface area (Å²) in [6.07, 6.45) is 5.36. The zero-order chi connectivity index (χ0) is 13.9. The van der Waals surface area contributed by atoms with E-state index in [0.29, 0.717) is 11.5 Å². The quantitative estimate of drug-likeness (QED) is 0.927. The van der Waals surface area contributed by atoms with Crippen molar-refractivity contribution in [3.63, 3.8) is 0 Å². The predicted molar refractivity (Wildman–Crippen MR) is 73.6 cm³/mol. The number of carbonyl (C=O) groups is 1. The standard InChI is InChI=1S/C16H15FN2O/c17-14-7-5-12(6-8-14)15(11-3-4-11)19-16(20)13-2-1-9-18-10-13/h1-2,5-11,15H,3-4H2,(H,19,20)/t15-/m0/s1. The summed E-state index contributed by atoms with van der Waals surface area (Å²) in [4.78, 5) is 16.1. The molecule has 1 aromatic carbocycles. The van der Waals surface area contributed by atoms with Crippen LogP contribution in [0.1, 0.15) is 34.8 Å². The number of hydrogen-bond donors (Lipinski definition) is 1. The van der Waals surface area contributed by atoms with Crippen LogP contribution in [0.4, 0.5) is 4.39 Å². The highest BCUT2D eigenvalue weighted by molar-refractivity contribution is 5.94. The number of rotatable bonds is 4. The number of nitrogens with one attached hydrogen (secondary N) is 1. The van der Waals surface area contributed by atoms with Gasteiger partial charge in [-0.25, -0.2) is 4.39 Å². The fourth-order valence-corrected chi connectivity index (χ4v) is 2.29. The second-order valence-electron chi connectivity index (χ2n) is 5.08. The molecule has 4 heteroatoms. The minimum atomic E-state index is -0.262. The molecule has 1 fully saturated rings. The van der Waals surface area contributed by atoms with Crippen LogP contribution in [0.25, 0.3) is 0 Å². The Morgan fingerprint density at radius 2 is 2.00 bits per heavy atom. The molecule has 2 aromatic rings. The molecule has 0 saturated heterocycles. The summed E-state index contributed by atoms with van der Waals surface area (Å²) in [5.41, 5.74) is 1.49. The Bertz CT molecular complexity index is 594. The minimum Gasteiger partial charge on any atom is -0.345 e. The monoisotopic (exact) mass is 270 g/mol. The maximum atomic E-state index is 13.0. The lowest BCUT2D eigenvalue weighted by Gasteiger charge is -2.18. The van der Waals surface area contributed by atoms with Gasteiger partial charge in [-0.3, -0.25) is 9.78 Å². The Kier molecular flexibility index (Phi) is 3.46. The van der Waals surface area contributed by atoms with Gasteiger partial charge in [0.05, 0.1) is 11.6 Å². The molecule has 0 spiro atoms. The lowest BCUT2D eigenvalue weighted by Crippen LogP contribution is -2.29. The van der Waals surface area contributed by atoms with Crippen LogP contribution in [0.15, 0.2) is 48.8 Å². The van der Waals surface area contributed by atoms with E-state index in [1.54, 1.807) is 36.7 Å². The second kappa shape index (κ2) is 5.41. The van der Waals surface area contributed by atoms with Gasteiger partial charge in [-0.1, -0.05) is 12.1 Å². The van der Waals surface area contributed by atoms with Crippen molar-refractivity contribution >= 4 is 5.91 Å². The number of nitrogens with zero attached hydrogens (tertiary/aromatic N) is 1. The Morgan fingerprint density at radius 1 is 1.25 bits per heavy atom. The van der Waals surface area contributed by atoms with Crippen molar-refractivity contribution in [2.75, 3.05) is 0 Å². The summed E-state index contributed by atoms with van der Waals surface area (Å²) in [6.45, 7) is 0. The zero-order valence-corrected chi connectivity index (χ0v) is 10.9. The smallest absolute Gasteiger partial charge is 0.253 e. The molecule has 0 unspecified atom stereocenters. The van der Waals surface area contributed by atoms with Gasteiger partial charge in [-0.2, -0.15) is 0 Å². The molecule has 102 valence electrons. The highest BCUT2D eigenvalue weighted by Gasteiger charge is 2.33. The van der Waals surface area contributed by atoms with E-state index >= 15 is 0 Å². The van der Waals surface area contributed by atoms with E-state index in [0.717, 1.165) is 18.4 Å². The first-order chi connectivity index (χ1) is 9.74. The molecule has 1 atom stereocenters. The summed E-state index contributed by atoms with van der Waals surface area (Å²) >= 11 is 0. The van der Waals surface area contributed by atoms with Crippen LogP contribution >= 0.6 is 0 Å². The van der Waals surface area contributed by atoms with E-state index < -0.39 is 0 Å². The molecule has 1 saturated carbocycles. The van der Waals surface area contributed by atoms with Gasteiger partial charge in [0.25, 0.3) is 5.91 Å². The molecule has 1 aliphatic carbocycles. The van der Waals surface area contributed by atoms with Gasteiger partial charge in [-0.15, -0.1) is 0 Å². The number of aromatic nitrogens is 1. The van der Waals surface area contributed by atoms with Gasteiger partial charge in [0.1, 0.15) is 5.82 Å². The van der Waals surface area contributed by atoms with Gasteiger partial charge < -0.3 is 5.32 Å². The second-order valence-corrected chi connectivity index (χ2v) is 5.08. The summed E-state index contributed by atoms with van der Waals surface area (Å²) < 4.78 is 13.0. The fourth-order valence-electron chi connectivity index (χ4n) is 2.29. The van der Waals surface area contributed by atoms with Gasteiger partial charge in [0.15, 0.2) is 0 Å². The van der Waals surface area contributed by atoms with Gasteiger partial charge in [0.2, 0.25) is 0 Å². The number of halogens is 1. The maximum Gasteiger partial charge on any atom is 0.253 e. The Balaban J connectivity index is 1.78. The molecule has 20 heavy (non-hydrogen) atoms. The van der Waals surface area contributed by atoms with Crippen molar-refractivity contribution in [1.82, 2.24) is 10.3 Å². The third kappa shape index (κ3) is 2.85. The maximum absolute atomic E-state index is 13.0. The zero-order valence-electron chi connectivity index (χ0n) is 10.9. The van der Waals surface area contributed by atoms with Crippen LogP contribution in [0.2, 0.25) is 0 Å². The van der Waals surface area contributed by atoms with Crippen LogP contribution in [-0.4, -0.2) is 10.9 Å². The van der Waals surface area contributed by atoms with Crippen molar-refractivity contribution in [3.8, 4) is 0 Å². The molecule has 0 radical (unpaired) electrons. The largest absolute Gasteiger partial charge is 0.345 e. The third-order valence-electron chi connectivity index (χ3n) is 3.53. The number of hydrogen-bond acceptors (Lipinski definition) is 2. The van der Waals surface area contributed by atoms with E-state index in [4.69, 9.17) is 0 Å². The highest BCUT2D eigenvalue weighted by Crippen LogP contribution is 2.41. The van der Waals surface area contributed by atoms with Crippen LogP contribution < -0.4 is 5.32 Å². The van der Waals surface area contributed by atoms with E-state index in [9.17, 15) is 9.18 Å². The molecule has 1 aromatic heterocycles. The van der Waals surface area contributed by atoms with E-state index in [1.807, 2.05) is 0 Å². The third-order valence-corrected chi connectivity index (χ3v) is 3.53. The minimum absolute atomic E-state index is 0.0525. The average Bonchev–Trinajstić information content (AvgIpc) is 3.31. The molecular weight excluding hydrogens is 255 g/mol. The molecule has 3 rings (SSSR count). The molecule has 1 aliphatic rings. The Hall–Kier alpha value is -2.23. The van der Waals surface area contributed by atoms with Crippen molar-refractivity contribution < 1.29 is 9.18 Å². The first-order valence-electron chi connectivity index (χ1n) is 6.70. The van der Waals surface area contributed by atoms with E-state index in [-0.39, 0.29) is 17.8 Å². The number of amides is 1. The van der Waals surface area contributed by atoms with Gasteiger partial charge >= 0.3 is 0 Å². The number of pyridine rings is 1. The summed E-state index contributed by atoms with van der Waals surface area (Å²) in [5.74, 6) is 0.0438. The molecule has 1 N–H and O–H groups in total. The first kappa shape index (κ1) is 12.8. The SMILES string of the molecule is O=C(N[C@H](c1ccc(F)cc1)C1CC1)c1cccnc1. The molecule has 1 heterocycles. The lowest BCUT2D eigenvalue weighted by molar-refractivity contribution is 0.0931. The van der Waals surface area contributed by atoms with Gasteiger partial charge in [0, 0.05) is 12.4 Å². The van der Waals surface area contributed by atoms with Crippen LogP contribution in [-0.2, 0) is 0 Å². The van der Waals surface area contributed by atoms with Crippen LogP contribution in [0.3, 0.4) is 0 Å². The van der Waals surface area contributed by atoms with E-state index in [1.165, 1.54) is 12.1 Å². The van der Waals surface area contributed by atoms with Crippen LogP contribution in [0, 0.1) is 11.7 Å². The summed E-state index contributed by atoms with van der Waals surface area (Å²) in [7, 11) is 0. The van der Waals surface area contributed by atoms with E-state index in [2.05, 4.69) is 10.3 Å². The summed E-state index contributed by atoms with van der Waals surface area (Å²) in [6, 6.07) is 9.75. The Labute approximate surface area is 116 Å². The Morgan fingerprint density at radius 3 is 2.60 bits per heavy atom. The van der Waals surface area contributed by atoms with Crippen molar-refractivity contribution in [2.45, 2.75) is 18.9 Å². The molecule has 1 amide bonds. The average molecular weight is 270 g/mol.